The van der Waals surface area contributed by atoms with Crippen LogP contribution in [0, 0.1) is 18.2 Å². The molecule has 7 rings (SSSR count). The third-order valence-corrected chi connectivity index (χ3v) is 8.75. The normalized spacial score (nSPS) is 25.3. The van der Waals surface area contributed by atoms with Gasteiger partial charge in [0.15, 0.2) is 0 Å². The average Bonchev–Trinajstić information content (AvgIpc) is 3.15. The number of phenolic OH excluding ortho intramolecular Hbond substituents is 1. The van der Waals surface area contributed by atoms with Crippen LogP contribution in [0.15, 0.2) is 53.5 Å². The minimum atomic E-state index is -0.481. The lowest BCUT2D eigenvalue weighted by atomic mass is 9.95. The highest BCUT2D eigenvalue weighted by atomic mass is 35.5. The Bertz CT molecular complexity index is 1670. The zero-order chi connectivity index (χ0) is 26.3. The van der Waals surface area contributed by atoms with Crippen LogP contribution >= 0.6 is 11.6 Å². The van der Waals surface area contributed by atoms with E-state index in [1.54, 1.807) is 37.5 Å². The van der Waals surface area contributed by atoms with E-state index in [4.69, 9.17) is 11.6 Å². The van der Waals surface area contributed by atoms with E-state index in [9.17, 15) is 14.3 Å². The van der Waals surface area contributed by atoms with E-state index in [-0.39, 0.29) is 22.0 Å². The van der Waals surface area contributed by atoms with Crippen LogP contribution in [0.5, 0.6) is 5.75 Å². The molecule has 0 saturated carbocycles. The maximum atomic E-state index is 14.9. The van der Waals surface area contributed by atoms with Gasteiger partial charge in [0, 0.05) is 61.9 Å². The molecule has 192 valence electrons. The van der Waals surface area contributed by atoms with Crippen molar-refractivity contribution in [3.8, 4) is 33.7 Å². The lowest BCUT2D eigenvalue weighted by Gasteiger charge is -2.38. The van der Waals surface area contributed by atoms with Crippen molar-refractivity contribution in [3.63, 3.8) is 0 Å². The SMILES string of the molecule is Cn1c#cn(-c2ccc(-c3cc(F)cc(-c4ccnc(N5CC6CCC7N6C7(C)C5)c4)c3O)cc2Cl)c1=O. The predicted octanol–water partition coefficient (Wildman–Crippen LogP) is 4.43. The number of fused-ring (bicyclic) bond motifs is 1. The van der Waals surface area contributed by atoms with Crippen molar-refractivity contribution in [2.45, 2.75) is 37.4 Å². The number of halogens is 2. The Hall–Kier alpha value is -3.80. The molecule has 3 fully saturated rings. The summed E-state index contributed by atoms with van der Waals surface area (Å²) in [5.74, 6) is 0.298. The second-order valence-corrected chi connectivity index (χ2v) is 11.1. The molecule has 3 saturated heterocycles. The van der Waals surface area contributed by atoms with Gasteiger partial charge in [-0.15, -0.1) is 0 Å². The van der Waals surface area contributed by atoms with Gasteiger partial charge >= 0.3 is 5.69 Å². The molecule has 0 bridgehead atoms. The lowest BCUT2D eigenvalue weighted by molar-refractivity contribution is 0.289. The molecule has 1 N–H and O–H groups in total. The minimum absolute atomic E-state index is 0.0535. The molecule has 7 nitrogen and oxygen atoms in total. The number of pyridine rings is 1. The van der Waals surface area contributed by atoms with E-state index in [1.807, 2.05) is 6.07 Å². The summed E-state index contributed by atoms with van der Waals surface area (Å²) < 4.78 is 17.4. The molecule has 9 heteroatoms. The van der Waals surface area contributed by atoms with Crippen molar-refractivity contribution < 1.29 is 9.50 Å². The highest BCUT2D eigenvalue weighted by Crippen LogP contribution is 2.55. The second kappa shape index (κ2) is 8.10. The van der Waals surface area contributed by atoms with Crippen LogP contribution in [0.25, 0.3) is 27.9 Å². The smallest absolute Gasteiger partial charge is 0.347 e. The van der Waals surface area contributed by atoms with Crippen molar-refractivity contribution in [2.24, 2.45) is 7.05 Å². The number of phenols is 1. The van der Waals surface area contributed by atoms with Gasteiger partial charge in [0.05, 0.1) is 16.2 Å². The molecule has 2 aromatic carbocycles. The van der Waals surface area contributed by atoms with Gasteiger partial charge in [-0.2, -0.15) is 0 Å². The Morgan fingerprint density at radius 2 is 1.87 bits per heavy atom. The fourth-order valence-corrected chi connectivity index (χ4v) is 6.84. The van der Waals surface area contributed by atoms with Gasteiger partial charge < -0.3 is 10.0 Å². The minimum Gasteiger partial charge on any atom is -0.507 e. The van der Waals surface area contributed by atoms with Crippen molar-refractivity contribution in [1.82, 2.24) is 19.0 Å². The number of benzene rings is 2. The zero-order valence-electron chi connectivity index (χ0n) is 20.9. The second-order valence-electron chi connectivity index (χ2n) is 10.7. The number of piperazine rings is 1. The van der Waals surface area contributed by atoms with Gasteiger partial charge in [-0.25, -0.2) is 18.7 Å². The molecule has 38 heavy (non-hydrogen) atoms. The molecule has 3 aliphatic heterocycles. The average molecular weight is 530 g/mol. The van der Waals surface area contributed by atoms with Crippen molar-refractivity contribution in [1.29, 1.82) is 0 Å². The summed E-state index contributed by atoms with van der Waals surface area (Å²) in [6.45, 7) is 4.16. The first-order valence-corrected chi connectivity index (χ1v) is 13.0. The largest absolute Gasteiger partial charge is 0.507 e. The van der Waals surface area contributed by atoms with Crippen LogP contribution in [0.3, 0.4) is 0 Å². The summed E-state index contributed by atoms with van der Waals surface area (Å²) in [6, 6.07) is 12.5. The van der Waals surface area contributed by atoms with E-state index in [0.29, 0.717) is 40.0 Å². The summed E-state index contributed by atoms with van der Waals surface area (Å²) >= 11 is 6.51. The van der Waals surface area contributed by atoms with Crippen molar-refractivity contribution in [2.75, 3.05) is 18.0 Å². The Morgan fingerprint density at radius 3 is 2.55 bits per heavy atom. The fraction of sp³-hybridized carbons (Fsp3) is 0.310. The summed E-state index contributed by atoms with van der Waals surface area (Å²) in [4.78, 5) is 21.9. The molecule has 2 aromatic heterocycles. The number of rotatable bonds is 4. The van der Waals surface area contributed by atoms with Crippen LogP contribution in [-0.4, -0.2) is 54.8 Å². The Labute approximate surface area is 224 Å². The number of piperidine rings is 1. The Balaban J connectivity index is 1.24. The fourth-order valence-electron chi connectivity index (χ4n) is 6.58. The molecule has 4 unspecified atom stereocenters. The highest BCUT2D eigenvalue weighted by molar-refractivity contribution is 6.32. The van der Waals surface area contributed by atoms with Crippen LogP contribution in [-0.2, 0) is 7.05 Å². The van der Waals surface area contributed by atoms with Gasteiger partial charge in [0.25, 0.3) is 0 Å². The topological polar surface area (TPSA) is 66.3 Å². The molecular weight excluding hydrogens is 505 g/mol. The summed E-state index contributed by atoms with van der Waals surface area (Å²) in [6.07, 6.45) is 9.60. The van der Waals surface area contributed by atoms with Crippen molar-refractivity contribution in [3.05, 3.63) is 82.4 Å². The van der Waals surface area contributed by atoms with Gasteiger partial charge in [0.1, 0.15) is 17.4 Å². The number of aromatic hydroxyl groups is 1. The summed E-state index contributed by atoms with van der Waals surface area (Å²) in [5.41, 5.74) is 2.18. The lowest BCUT2D eigenvalue weighted by Crippen LogP contribution is -2.50. The molecule has 0 aliphatic carbocycles. The van der Waals surface area contributed by atoms with E-state index >= 15 is 0 Å². The number of hydrogen-bond acceptors (Lipinski definition) is 5. The Kier molecular flexibility index (Phi) is 4.97. The number of nitrogens with zero attached hydrogens (tertiary/aromatic N) is 5. The number of aromatic nitrogens is 3. The van der Waals surface area contributed by atoms with Crippen LogP contribution in [0.4, 0.5) is 10.2 Å². The van der Waals surface area contributed by atoms with Gasteiger partial charge in [-0.1, -0.05) is 17.7 Å². The molecule has 4 atom stereocenters. The van der Waals surface area contributed by atoms with Gasteiger partial charge in [-0.05, 0) is 67.3 Å². The first-order valence-electron chi connectivity index (χ1n) is 12.7. The number of hydrogen-bond donors (Lipinski definition) is 1. The maximum absolute atomic E-state index is 14.9. The monoisotopic (exact) mass is 529 g/mol. The molecule has 0 radical (unpaired) electrons. The molecule has 3 aliphatic rings. The quantitative estimate of drug-likeness (QED) is 0.396. The van der Waals surface area contributed by atoms with Crippen molar-refractivity contribution >= 4 is 17.4 Å². The maximum Gasteiger partial charge on any atom is 0.347 e. The van der Waals surface area contributed by atoms with Crippen LogP contribution in [0.1, 0.15) is 19.8 Å². The predicted molar refractivity (Wildman–Crippen MR) is 143 cm³/mol. The van der Waals surface area contributed by atoms with Crippen LogP contribution in [0.2, 0.25) is 5.02 Å². The zero-order valence-corrected chi connectivity index (χ0v) is 21.7. The van der Waals surface area contributed by atoms with E-state index < -0.39 is 5.82 Å². The first kappa shape index (κ1) is 23.3. The standard InChI is InChI=1S/C29H25ClFN5O2/c1-29-16-34(15-20-4-6-25(29)36(20)29)26-12-18(7-8-32-26)22-14-19(31)13-21(27(22)37)17-3-5-24(23(30)11-17)35-10-9-33(2)28(35)38/h3,5,7-8,11-14,20,25,37H,4,6,15-16H2,1-2H3. The van der Waals surface area contributed by atoms with Gasteiger partial charge in [-0.3, -0.25) is 9.47 Å². The molecule has 0 spiro atoms. The summed E-state index contributed by atoms with van der Waals surface area (Å²) in [7, 11) is 1.57. The van der Waals surface area contributed by atoms with E-state index in [0.717, 1.165) is 18.9 Å². The first-order chi connectivity index (χ1) is 18.2. The third-order valence-electron chi connectivity index (χ3n) is 8.45. The highest BCUT2D eigenvalue weighted by Gasteiger charge is 2.67. The number of anilines is 1. The van der Waals surface area contributed by atoms with E-state index in [1.165, 1.54) is 34.1 Å². The third kappa shape index (κ3) is 3.39. The molecule has 0 amide bonds. The molecular formula is C29H25ClFN5O2. The van der Waals surface area contributed by atoms with Crippen LogP contribution < -0.4 is 10.6 Å². The Morgan fingerprint density at radius 1 is 1.11 bits per heavy atom. The summed E-state index contributed by atoms with van der Waals surface area (Å²) in [5, 5.41) is 11.6. The van der Waals surface area contributed by atoms with Gasteiger partial charge in [0.2, 0.25) is 0 Å². The molecule has 5 heterocycles. The van der Waals surface area contributed by atoms with E-state index in [2.05, 4.69) is 34.1 Å². The molecule has 4 aromatic rings.